The van der Waals surface area contributed by atoms with E-state index in [2.05, 4.69) is 5.32 Å². The van der Waals surface area contributed by atoms with Crippen LogP contribution in [0, 0.1) is 5.82 Å². The number of benzene rings is 1. The van der Waals surface area contributed by atoms with Crippen LogP contribution >= 0.6 is 0 Å². The molecule has 1 aromatic carbocycles. The Morgan fingerprint density at radius 2 is 1.95 bits per heavy atom. The van der Waals surface area contributed by atoms with Gasteiger partial charge in [0.25, 0.3) is 0 Å². The van der Waals surface area contributed by atoms with Gasteiger partial charge in [-0.2, -0.15) is 0 Å². The van der Waals surface area contributed by atoms with Gasteiger partial charge in [-0.1, -0.05) is 13.8 Å². The summed E-state index contributed by atoms with van der Waals surface area (Å²) in [6, 6.07) is 3.78. The van der Waals surface area contributed by atoms with Crippen molar-refractivity contribution >= 4 is 11.9 Å². The van der Waals surface area contributed by atoms with Crippen LogP contribution in [-0.2, 0) is 11.3 Å². The Morgan fingerprint density at radius 1 is 1.35 bits per heavy atom. The molecule has 0 aliphatic rings. The number of halogens is 1. The van der Waals surface area contributed by atoms with Crippen LogP contribution in [0.15, 0.2) is 18.2 Å². The lowest BCUT2D eigenvalue weighted by molar-refractivity contribution is -0.145. The molecule has 0 fully saturated rings. The van der Waals surface area contributed by atoms with Gasteiger partial charge in [-0.25, -0.2) is 4.39 Å². The Hall–Kier alpha value is -1.95. The van der Waals surface area contributed by atoms with Crippen LogP contribution < -0.4 is 11.1 Å². The first kappa shape index (κ1) is 16.1. The second kappa shape index (κ2) is 6.47. The fourth-order valence-electron chi connectivity index (χ4n) is 2.01. The lowest BCUT2D eigenvalue weighted by atomic mass is 9.92. The lowest BCUT2D eigenvalue weighted by Gasteiger charge is -2.28. The number of carbonyl (C=O) groups is 2. The highest BCUT2D eigenvalue weighted by Crippen LogP contribution is 2.18. The molecular weight excluding hydrogens is 263 g/mol. The SMILES string of the molecule is CCC(CC)(NCc1cc(C(N)=O)ccc1F)C(=O)O. The topological polar surface area (TPSA) is 92.4 Å². The highest BCUT2D eigenvalue weighted by molar-refractivity contribution is 5.92. The third-order valence-electron chi connectivity index (χ3n) is 3.56. The smallest absolute Gasteiger partial charge is 0.323 e. The molecule has 0 atom stereocenters. The van der Waals surface area contributed by atoms with E-state index in [9.17, 15) is 19.1 Å². The van der Waals surface area contributed by atoms with Crippen LogP contribution in [0.1, 0.15) is 42.6 Å². The average molecular weight is 282 g/mol. The van der Waals surface area contributed by atoms with E-state index in [-0.39, 0.29) is 17.7 Å². The number of nitrogens with one attached hydrogen (secondary N) is 1. The van der Waals surface area contributed by atoms with Crippen molar-refractivity contribution in [2.75, 3.05) is 0 Å². The third-order valence-corrected chi connectivity index (χ3v) is 3.56. The molecule has 6 heteroatoms. The standard InChI is InChI=1S/C14H19FN2O3/c1-3-14(4-2,13(19)20)17-8-10-7-9(12(16)18)5-6-11(10)15/h5-7,17H,3-4,8H2,1-2H3,(H2,16,18)(H,19,20). The molecule has 4 N–H and O–H groups in total. The van der Waals surface area contributed by atoms with Gasteiger partial charge in [0.1, 0.15) is 11.4 Å². The van der Waals surface area contributed by atoms with Crippen molar-refractivity contribution in [3.05, 3.63) is 35.1 Å². The van der Waals surface area contributed by atoms with E-state index >= 15 is 0 Å². The predicted octanol–water partition coefficient (Wildman–Crippen LogP) is 1.66. The van der Waals surface area contributed by atoms with E-state index in [0.717, 1.165) is 6.07 Å². The third kappa shape index (κ3) is 3.33. The molecule has 0 aliphatic heterocycles. The number of carboxylic acids is 1. The molecule has 0 spiro atoms. The van der Waals surface area contributed by atoms with Crippen molar-refractivity contribution in [2.45, 2.75) is 38.8 Å². The minimum atomic E-state index is -1.10. The Bertz CT molecular complexity index is 513. The van der Waals surface area contributed by atoms with Crippen LogP contribution in [0.4, 0.5) is 4.39 Å². The van der Waals surface area contributed by atoms with Gasteiger partial charge in [-0.15, -0.1) is 0 Å². The van der Waals surface area contributed by atoms with Crippen molar-refractivity contribution in [1.82, 2.24) is 5.32 Å². The predicted molar refractivity (Wildman–Crippen MR) is 72.7 cm³/mol. The molecule has 20 heavy (non-hydrogen) atoms. The number of nitrogens with two attached hydrogens (primary N) is 1. The number of amides is 1. The summed E-state index contributed by atoms with van der Waals surface area (Å²) in [6.07, 6.45) is 0.742. The van der Waals surface area contributed by atoms with Crippen molar-refractivity contribution in [3.63, 3.8) is 0 Å². The second-order valence-corrected chi connectivity index (χ2v) is 4.62. The zero-order valence-electron chi connectivity index (χ0n) is 11.6. The number of carboxylic acid groups (broad SMARTS) is 1. The summed E-state index contributed by atoms with van der Waals surface area (Å²) in [4.78, 5) is 22.4. The first-order valence-corrected chi connectivity index (χ1v) is 6.43. The highest BCUT2D eigenvalue weighted by atomic mass is 19.1. The summed E-state index contributed by atoms with van der Waals surface area (Å²) in [5.74, 6) is -2.13. The molecule has 0 bridgehead atoms. The zero-order chi connectivity index (χ0) is 15.3. The van der Waals surface area contributed by atoms with Crippen LogP contribution in [0.2, 0.25) is 0 Å². The van der Waals surface area contributed by atoms with Gasteiger partial charge in [0, 0.05) is 17.7 Å². The Balaban J connectivity index is 2.96. The number of rotatable bonds is 7. The Morgan fingerprint density at radius 3 is 2.40 bits per heavy atom. The first-order chi connectivity index (χ1) is 9.36. The van der Waals surface area contributed by atoms with Crippen molar-refractivity contribution in [3.8, 4) is 0 Å². The molecule has 5 nitrogen and oxygen atoms in total. The minimum absolute atomic E-state index is 0.0148. The summed E-state index contributed by atoms with van der Waals surface area (Å²) in [5, 5.41) is 12.1. The van der Waals surface area contributed by atoms with Gasteiger partial charge in [0.05, 0.1) is 0 Å². The van der Waals surface area contributed by atoms with E-state index < -0.39 is 23.2 Å². The number of primary amides is 1. The molecule has 110 valence electrons. The van der Waals surface area contributed by atoms with E-state index in [1.807, 2.05) is 0 Å². The van der Waals surface area contributed by atoms with Crippen molar-refractivity contribution in [2.24, 2.45) is 5.73 Å². The Labute approximate surface area is 117 Å². The highest BCUT2D eigenvalue weighted by Gasteiger charge is 2.34. The van der Waals surface area contributed by atoms with Gasteiger partial charge in [-0.05, 0) is 31.0 Å². The molecule has 0 saturated heterocycles. The number of hydrogen-bond acceptors (Lipinski definition) is 3. The second-order valence-electron chi connectivity index (χ2n) is 4.62. The number of aliphatic carboxylic acids is 1. The molecule has 0 aliphatic carbocycles. The normalized spacial score (nSPS) is 11.3. The van der Waals surface area contributed by atoms with E-state index in [1.54, 1.807) is 13.8 Å². The van der Waals surface area contributed by atoms with Crippen molar-refractivity contribution < 1.29 is 19.1 Å². The van der Waals surface area contributed by atoms with E-state index in [0.29, 0.717) is 12.8 Å². The van der Waals surface area contributed by atoms with Crippen LogP contribution in [0.5, 0.6) is 0 Å². The molecule has 0 saturated carbocycles. The van der Waals surface area contributed by atoms with Gasteiger partial charge >= 0.3 is 5.97 Å². The molecule has 0 heterocycles. The monoisotopic (exact) mass is 282 g/mol. The van der Waals surface area contributed by atoms with Crippen LogP contribution in [0.25, 0.3) is 0 Å². The average Bonchev–Trinajstić information content (AvgIpc) is 2.41. The maximum absolute atomic E-state index is 13.7. The quantitative estimate of drug-likeness (QED) is 0.709. The number of hydrogen-bond donors (Lipinski definition) is 3. The molecule has 1 rings (SSSR count). The van der Waals surface area contributed by atoms with Crippen LogP contribution in [0.3, 0.4) is 0 Å². The number of carbonyl (C=O) groups excluding carboxylic acids is 1. The largest absolute Gasteiger partial charge is 0.480 e. The van der Waals surface area contributed by atoms with Gasteiger partial charge in [0.15, 0.2) is 0 Å². The summed E-state index contributed by atoms with van der Waals surface area (Å²) >= 11 is 0. The summed E-state index contributed by atoms with van der Waals surface area (Å²) in [7, 11) is 0. The molecule has 0 aromatic heterocycles. The fraction of sp³-hybridized carbons (Fsp3) is 0.429. The minimum Gasteiger partial charge on any atom is -0.480 e. The maximum atomic E-state index is 13.7. The summed E-state index contributed by atoms with van der Waals surface area (Å²) in [6.45, 7) is 3.52. The molecular formula is C14H19FN2O3. The molecule has 0 radical (unpaired) electrons. The van der Waals surface area contributed by atoms with Crippen molar-refractivity contribution in [1.29, 1.82) is 0 Å². The van der Waals surface area contributed by atoms with E-state index in [1.165, 1.54) is 12.1 Å². The fourth-order valence-corrected chi connectivity index (χ4v) is 2.01. The molecule has 1 aromatic rings. The van der Waals surface area contributed by atoms with E-state index in [4.69, 9.17) is 5.73 Å². The molecule has 1 amide bonds. The van der Waals surface area contributed by atoms with Gasteiger partial charge < -0.3 is 10.8 Å². The van der Waals surface area contributed by atoms with Gasteiger partial charge in [-0.3, -0.25) is 14.9 Å². The summed E-state index contributed by atoms with van der Waals surface area (Å²) in [5.41, 5.74) is 4.45. The zero-order valence-corrected chi connectivity index (χ0v) is 11.6. The van der Waals surface area contributed by atoms with Gasteiger partial charge in [0.2, 0.25) is 5.91 Å². The molecule has 0 unspecified atom stereocenters. The maximum Gasteiger partial charge on any atom is 0.323 e. The lowest BCUT2D eigenvalue weighted by Crippen LogP contribution is -2.50. The Kier molecular flexibility index (Phi) is 5.21. The summed E-state index contributed by atoms with van der Waals surface area (Å²) < 4.78 is 13.7. The first-order valence-electron chi connectivity index (χ1n) is 6.43. The van der Waals surface area contributed by atoms with Crippen LogP contribution in [-0.4, -0.2) is 22.5 Å².